The Morgan fingerprint density at radius 3 is 2.79 bits per heavy atom. The standard InChI is InChI=1S/C20H20N2O2/c1-12-6-5-7-13(10-12)18-19-15(11-17(22-18)20(23)24-2)14-8-3-4-9-16(14)21-19/h3-10,17-18,21-22H,11H2,1-2H3/t17-,18?/m0/s1. The summed E-state index contributed by atoms with van der Waals surface area (Å²) in [7, 11) is 1.44. The summed E-state index contributed by atoms with van der Waals surface area (Å²) in [4.78, 5) is 15.7. The minimum atomic E-state index is -0.341. The highest BCUT2D eigenvalue weighted by molar-refractivity contribution is 5.87. The molecule has 1 aliphatic heterocycles. The number of para-hydroxylation sites is 1. The molecule has 0 spiro atoms. The molecule has 4 heteroatoms. The number of aromatic amines is 1. The highest BCUT2D eigenvalue weighted by Crippen LogP contribution is 2.35. The molecule has 4 nitrogen and oxygen atoms in total. The Morgan fingerprint density at radius 2 is 2.00 bits per heavy atom. The third-order valence-corrected chi connectivity index (χ3v) is 4.77. The molecule has 2 heterocycles. The first-order chi connectivity index (χ1) is 11.7. The number of rotatable bonds is 2. The molecule has 2 aromatic carbocycles. The molecule has 1 unspecified atom stereocenters. The zero-order chi connectivity index (χ0) is 16.7. The van der Waals surface area contributed by atoms with Gasteiger partial charge in [0.15, 0.2) is 0 Å². The number of methoxy groups -OCH3 is 1. The SMILES string of the molecule is COC(=O)[C@@H]1Cc2c([nH]c3ccccc23)C(c2cccc(C)c2)N1. The molecule has 0 aliphatic carbocycles. The first kappa shape index (κ1) is 15.0. The normalized spacial score (nSPS) is 19.9. The number of fused-ring (bicyclic) bond motifs is 3. The van der Waals surface area contributed by atoms with Crippen molar-refractivity contribution in [3.05, 3.63) is 70.9 Å². The molecular formula is C20H20N2O2. The van der Waals surface area contributed by atoms with E-state index in [2.05, 4.69) is 53.6 Å². The Bertz CT molecular complexity index is 913. The highest BCUT2D eigenvalue weighted by atomic mass is 16.5. The number of ether oxygens (including phenoxy) is 1. The molecule has 0 fully saturated rings. The van der Waals surface area contributed by atoms with Crippen LogP contribution in [0.5, 0.6) is 0 Å². The minimum Gasteiger partial charge on any atom is -0.468 e. The fraction of sp³-hybridized carbons (Fsp3) is 0.250. The minimum absolute atomic E-state index is 0.0508. The maximum Gasteiger partial charge on any atom is 0.323 e. The third kappa shape index (κ3) is 2.39. The Hall–Kier alpha value is -2.59. The first-order valence-electron chi connectivity index (χ1n) is 8.17. The van der Waals surface area contributed by atoms with Gasteiger partial charge in [-0.15, -0.1) is 0 Å². The van der Waals surface area contributed by atoms with Gasteiger partial charge in [0.25, 0.3) is 0 Å². The number of esters is 1. The van der Waals surface area contributed by atoms with Crippen LogP contribution >= 0.6 is 0 Å². The largest absolute Gasteiger partial charge is 0.468 e. The van der Waals surface area contributed by atoms with E-state index in [9.17, 15) is 4.79 Å². The summed E-state index contributed by atoms with van der Waals surface area (Å²) in [6, 6.07) is 16.2. The Balaban J connectivity index is 1.88. The van der Waals surface area contributed by atoms with Crippen molar-refractivity contribution in [2.45, 2.75) is 25.4 Å². The van der Waals surface area contributed by atoms with E-state index in [1.165, 1.54) is 23.6 Å². The van der Waals surface area contributed by atoms with Crippen molar-refractivity contribution in [1.82, 2.24) is 10.3 Å². The number of hydrogen-bond acceptors (Lipinski definition) is 3. The summed E-state index contributed by atoms with van der Waals surface area (Å²) in [5.41, 5.74) is 5.80. The lowest BCUT2D eigenvalue weighted by molar-refractivity contribution is -0.143. The third-order valence-electron chi connectivity index (χ3n) is 4.77. The van der Waals surface area contributed by atoms with Crippen LogP contribution in [0.15, 0.2) is 48.5 Å². The van der Waals surface area contributed by atoms with Crippen LogP contribution < -0.4 is 5.32 Å². The van der Waals surface area contributed by atoms with E-state index < -0.39 is 0 Å². The summed E-state index contributed by atoms with van der Waals surface area (Å²) in [6.07, 6.45) is 0.633. The van der Waals surface area contributed by atoms with Crippen LogP contribution in [-0.4, -0.2) is 24.1 Å². The van der Waals surface area contributed by atoms with Crippen molar-refractivity contribution in [1.29, 1.82) is 0 Å². The zero-order valence-electron chi connectivity index (χ0n) is 13.8. The average molecular weight is 320 g/mol. The van der Waals surface area contributed by atoms with Crippen molar-refractivity contribution >= 4 is 16.9 Å². The van der Waals surface area contributed by atoms with Gasteiger partial charge >= 0.3 is 5.97 Å². The summed E-state index contributed by atoms with van der Waals surface area (Å²) in [6.45, 7) is 2.08. The lowest BCUT2D eigenvalue weighted by Gasteiger charge is -2.30. The van der Waals surface area contributed by atoms with Crippen LogP contribution in [0.4, 0.5) is 0 Å². The molecule has 122 valence electrons. The second-order valence-corrected chi connectivity index (χ2v) is 6.36. The van der Waals surface area contributed by atoms with Crippen LogP contribution in [0.3, 0.4) is 0 Å². The quantitative estimate of drug-likeness (QED) is 0.713. The number of aromatic nitrogens is 1. The van der Waals surface area contributed by atoms with Gasteiger partial charge in [-0.1, -0.05) is 48.0 Å². The average Bonchev–Trinajstić information content (AvgIpc) is 2.99. The fourth-order valence-corrected chi connectivity index (χ4v) is 3.64. The molecule has 24 heavy (non-hydrogen) atoms. The van der Waals surface area contributed by atoms with Gasteiger partial charge < -0.3 is 9.72 Å². The van der Waals surface area contributed by atoms with Crippen LogP contribution in [0.1, 0.15) is 28.4 Å². The number of aryl methyl sites for hydroxylation is 1. The molecule has 0 radical (unpaired) electrons. The molecule has 0 saturated heterocycles. The summed E-state index contributed by atoms with van der Waals surface area (Å²) >= 11 is 0. The van der Waals surface area contributed by atoms with E-state index in [0.717, 1.165) is 16.8 Å². The summed E-state index contributed by atoms with van der Waals surface area (Å²) in [5.74, 6) is -0.219. The molecular weight excluding hydrogens is 300 g/mol. The molecule has 2 atom stereocenters. The van der Waals surface area contributed by atoms with E-state index in [1.54, 1.807) is 0 Å². The van der Waals surface area contributed by atoms with Gasteiger partial charge in [-0.3, -0.25) is 10.1 Å². The van der Waals surface area contributed by atoms with E-state index in [1.807, 2.05) is 12.1 Å². The predicted octanol–water partition coefficient (Wildman–Crippen LogP) is 3.25. The van der Waals surface area contributed by atoms with Crippen molar-refractivity contribution in [3.8, 4) is 0 Å². The maximum absolute atomic E-state index is 12.2. The van der Waals surface area contributed by atoms with E-state index in [-0.39, 0.29) is 18.1 Å². The topological polar surface area (TPSA) is 54.1 Å². The molecule has 3 aromatic rings. The van der Waals surface area contributed by atoms with Gasteiger partial charge in [-0.05, 0) is 24.1 Å². The van der Waals surface area contributed by atoms with Crippen molar-refractivity contribution in [3.63, 3.8) is 0 Å². The maximum atomic E-state index is 12.2. The molecule has 0 amide bonds. The monoisotopic (exact) mass is 320 g/mol. The molecule has 1 aromatic heterocycles. The van der Waals surface area contributed by atoms with Gasteiger partial charge in [-0.25, -0.2) is 0 Å². The number of hydrogen-bond donors (Lipinski definition) is 2. The first-order valence-corrected chi connectivity index (χ1v) is 8.17. The van der Waals surface area contributed by atoms with Crippen LogP contribution in [0.2, 0.25) is 0 Å². The Kier molecular flexibility index (Phi) is 3.62. The van der Waals surface area contributed by atoms with Gasteiger partial charge in [0.1, 0.15) is 6.04 Å². The smallest absolute Gasteiger partial charge is 0.323 e. The van der Waals surface area contributed by atoms with Crippen LogP contribution in [0, 0.1) is 6.92 Å². The summed E-state index contributed by atoms with van der Waals surface area (Å²) < 4.78 is 4.99. The van der Waals surface area contributed by atoms with Crippen molar-refractivity contribution in [2.24, 2.45) is 0 Å². The van der Waals surface area contributed by atoms with E-state index in [0.29, 0.717) is 6.42 Å². The second-order valence-electron chi connectivity index (χ2n) is 6.36. The molecule has 1 aliphatic rings. The van der Waals surface area contributed by atoms with Crippen LogP contribution in [0.25, 0.3) is 10.9 Å². The number of carbonyl (C=O) groups is 1. The van der Waals surface area contributed by atoms with Gasteiger partial charge in [0.05, 0.1) is 13.2 Å². The second kappa shape index (κ2) is 5.80. The Labute approximate surface area is 140 Å². The Morgan fingerprint density at radius 1 is 1.17 bits per heavy atom. The lowest BCUT2D eigenvalue weighted by Crippen LogP contribution is -2.45. The van der Waals surface area contributed by atoms with Crippen LogP contribution in [-0.2, 0) is 16.0 Å². The highest BCUT2D eigenvalue weighted by Gasteiger charge is 2.34. The summed E-state index contributed by atoms with van der Waals surface area (Å²) in [5, 5.41) is 4.64. The number of nitrogens with one attached hydrogen (secondary N) is 2. The van der Waals surface area contributed by atoms with E-state index >= 15 is 0 Å². The molecule has 4 rings (SSSR count). The number of benzene rings is 2. The number of carbonyl (C=O) groups excluding carboxylic acids is 1. The molecule has 2 N–H and O–H groups in total. The van der Waals surface area contributed by atoms with Gasteiger partial charge in [0.2, 0.25) is 0 Å². The van der Waals surface area contributed by atoms with E-state index in [4.69, 9.17) is 4.74 Å². The molecule has 0 bridgehead atoms. The number of H-pyrrole nitrogens is 1. The zero-order valence-corrected chi connectivity index (χ0v) is 13.8. The predicted molar refractivity (Wildman–Crippen MR) is 94.0 cm³/mol. The van der Waals surface area contributed by atoms with Gasteiger partial charge in [0, 0.05) is 23.0 Å². The van der Waals surface area contributed by atoms with Crippen molar-refractivity contribution < 1.29 is 9.53 Å². The van der Waals surface area contributed by atoms with Gasteiger partial charge in [-0.2, -0.15) is 0 Å². The van der Waals surface area contributed by atoms with Crippen molar-refractivity contribution in [2.75, 3.05) is 7.11 Å². The fourth-order valence-electron chi connectivity index (χ4n) is 3.64. The lowest BCUT2D eigenvalue weighted by atomic mass is 9.90. The molecule has 0 saturated carbocycles.